The Morgan fingerprint density at radius 2 is 1.58 bits per heavy atom. The molecule has 0 N–H and O–H groups in total. The van der Waals surface area contributed by atoms with E-state index in [0.29, 0.717) is 5.02 Å². The maximum absolute atomic E-state index is 13.6. The van der Waals surface area contributed by atoms with Crippen molar-refractivity contribution in [1.29, 1.82) is 0 Å². The molecule has 0 aliphatic heterocycles. The first-order valence-corrected chi connectivity index (χ1v) is 6.78. The predicted molar refractivity (Wildman–Crippen MR) is 75.0 cm³/mol. The van der Waals surface area contributed by atoms with E-state index in [1.165, 1.54) is 18.2 Å². The van der Waals surface area contributed by atoms with Gasteiger partial charge in [-0.25, -0.2) is 8.78 Å². The molecule has 0 saturated carbocycles. The second kappa shape index (κ2) is 6.36. The van der Waals surface area contributed by atoms with Crippen LogP contribution in [0.25, 0.3) is 0 Å². The van der Waals surface area contributed by atoms with E-state index in [9.17, 15) is 8.78 Å². The van der Waals surface area contributed by atoms with Crippen molar-refractivity contribution in [1.82, 2.24) is 0 Å². The van der Waals surface area contributed by atoms with Crippen molar-refractivity contribution < 1.29 is 8.78 Å². The van der Waals surface area contributed by atoms with Gasteiger partial charge in [-0.3, -0.25) is 0 Å². The number of rotatable bonds is 4. The third kappa shape index (κ3) is 3.26. The van der Waals surface area contributed by atoms with Gasteiger partial charge in [0, 0.05) is 22.4 Å². The van der Waals surface area contributed by atoms with Gasteiger partial charge in [0.25, 0.3) is 0 Å². The summed E-state index contributed by atoms with van der Waals surface area (Å²) < 4.78 is 27.3. The summed E-state index contributed by atoms with van der Waals surface area (Å²) in [5.41, 5.74) is 0.856. The third-order valence-electron chi connectivity index (χ3n) is 3.04. The summed E-state index contributed by atoms with van der Waals surface area (Å²) in [6, 6.07) is 11.0. The predicted octanol–water partition coefficient (Wildman–Crippen LogP) is 5.18. The van der Waals surface area contributed by atoms with Crippen molar-refractivity contribution in [2.24, 2.45) is 0 Å². The van der Waals surface area contributed by atoms with Crippen LogP contribution in [0, 0.1) is 11.6 Å². The zero-order valence-corrected chi connectivity index (χ0v) is 11.6. The van der Waals surface area contributed by atoms with Crippen LogP contribution in [0.4, 0.5) is 8.78 Å². The fraction of sp³-hybridized carbons (Fsp3) is 0.200. The highest BCUT2D eigenvalue weighted by atomic mass is 35.5. The average Bonchev–Trinajstić information content (AvgIpc) is 2.40. The summed E-state index contributed by atoms with van der Waals surface area (Å²) in [5.74, 6) is -1.08. The summed E-state index contributed by atoms with van der Waals surface area (Å²) in [6.45, 7) is 0. The molecule has 0 amide bonds. The molecular formula is C15H12Cl2F2. The second-order valence-corrected chi connectivity index (χ2v) is 4.99. The summed E-state index contributed by atoms with van der Waals surface area (Å²) in [4.78, 5) is 0. The highest BCUT2D eigenvalue weighted by molar-refractivity contribution is 6.31. The van der Waals surface area contributed by atoms with Gasteiger partial charge in [-0.05, 0) is 30.2 Å². The molecule has 0 aliphatic rings. The fourth-order valence-electron chi connectivity index (χ4n) is 2.03. The Balaban J connectivity index is 2.32. The molecule has 0 radical (unpaired) electrons. The normalized spacial score (nSPS) is 12.4. The molecule has 0 saturated heterocycles. The van der Waals surface area contributed by atoms with Gasteiger partial charge in [-0.1, -0.05) is 35.9 Å². The van der Waals surface area contributed by atoms with Gasteiger partial charge in [0.05, 0.1) is 0 Å². The lowest BCUT2D eigenvalue weighted by molar-refractivity contribution is 0.544. The van der Waals surface area contributed by atoms with E-state index in [1.54, 1.807) is 12.1 Å². The van der Waals surface area contributed by atoms with Crippen molar-refractivity contribution in [3.63, 3.8) is 0 Å². The molecule has 0 nitrogen and oxygen atoms in total. The fourth-order valence-corrected chi connectivity index (χ4v) is 2.59. The highest BCUT2D eigenvalue weighted by Crippen LogP contribution is 2.30. The minimum Gasteiger partial charge on any atom is -0.207 e. The van der Waals surface area contributed by atoms with Crippen molar-refractivity contribution in [2.75, 3.05) is 5.88 Å². The van der Waals surface area contributed by atoms with Gasteiger partial charge in [0.15, 0.2) is 0 Å². The molecule has 0 aliphatic carbocycles. The van der Waals surface area contributed by atoms with Crippen molar-refractivity contribution in [3.8, 4) is 0 Å². The molecule has 0 bridgehead atoms. The quantitative estimate of drug-likeness (QED) is 0.682. The van der Waals surface area contributed by atoms with Gasteiger partial charge < -0.3 is 0 Å². The van der Waals surface area contributed by atoms with Gasteiger partial charge in [0.1, 0.15) is 11.6 Å². The largest absolute Gasteiger partial charge is 0.207 e. The summed E-state index contributed by atoms with van der Waals surface area (Å²) >= 11 is 12.0. The number of benzene rings is 2. The van der Waals surface area contributed by atoms with E-state index in [2.05, 4.69) is 0 Å². The van der Waals surface area contributed by atoms with Crippen molar-refractivity contribution in [3.05, 3.63) is 70.2 Å². The molecule has 19 heavy (non-hydrogen) atoms. The lowest BCUT2D eigenvalue weighted by Gasteiger charge is -2.16. The van der Waals surface area contributed by atoms with Crippen LogP contribution in [0.3, 0.4) is 0 Å². The molecule has 100 valence electrons. The van der Waals surface area contributed by atoms with E-state index in [4.69, 9.17) is 23.2 Å². The Kier molecular flexibility index (Phi) is 4.78. The first-order valence-electron chi connectivity index (χ1n) is 5.86. The Morgan fingerprint density at radius 1 is 0.947 bits per heavy atom. The van der Waals surface area contributed by atoms with Gasteiger partial charge in [0.2, 0.25) is 0 Å². The average molecular weight is 301 g/mol. The highest BCUT2D eigenvalue weighted by Gasteiger charge is 2.18. The number of hydrogen-bond donors (Lipinski definition) is 0. The standard InChI is InChI=1S/C15H12Cl2F2/c16-9-10(11-4-1-2-5-13(11)17)8-12-14(18)6-3-7-15(12)19/h1-7,10H,8-9H2. The minimum absolute atomic E-state index is 0.0491. The van der Waals surface area contributed by atoms with Crippen LogP contribution >= 0.6 is 23.2 Å². The SMILES string of the molecule is Fc1cccc(F)c1CC(CCl)c1ccccc1Cl. The Hall–Kier alpha value is -1.12. The van der Waals surface area contributed by atoms with Crippen LogP contribution in [-0.4, -0.2) is 5.88 Å². The second-order valence-electron chi connectivity index (χ2n) is 4.28. The molecule has 2 rings (SSSR count). The van der Waals surface area contributed by atoms with E-state index in [0.717, 1.165) is 5.56 Å². The van der Waals surface area contributed by atoms with E-state index in [-0.39, 0.29) is 23.8 Å². The van der Waals surface area contributed by atoms with Crippen molar-refractivity contribution >= 4 is 23.2 Å². The molecule has 0 spiro atoms. The zero-order chi connectivity index (χ0) is 13.8. The first-order chi connectivity index (χ1) is 9.13. The first kappa shape index (κ1) is 14.3. The molecule has 4 heteroatoms. The maximum Gasteiger partial charge on any atom is 0.129 e. The lowest BCUT2D eigenvalue weighted by Crippen LogP contribution is -2.08. The molecular weight excluding hydrogens is 289 g/mol. The Bertz CT molecular complexity index is 550. The zero-order valence-electron chi connectivity index (χ0n) is 10.0. The molecule has 0 heterocycles. The van der Waals surface area contributed by atoms with Crippen LogP contribution in [0.5, 0.6) is 0 Å². The Labute approximate surface area is 121 Å². The Morgan fingerprint density at radius 3 is 2.16 bits per heavy atom. The van der Waals surface area contributed by atoms with E-state index >= 15 is 0 Å². The van der Waals surface area contributed by atoms with Crippen LogP contribution in [0.1, 0.15) is 17.0 Å². The maximum atomic E-state index is 13.6. The molecule has 1 atom stereocenters. The summed E-state index contributed by atoms with van der Waals surface area (Å²) in [6.07, 6.45) is 0.186. The molecule has 0 fully saturated rings. The minimum atomic E-state index is -0.554. The number of alkyl halides is 1. The van der Waals surface area contributed by atoms with Crippen LogP contribution in [0.2, 0.25) is 5.02 Å². The van der Waals surface area contributed by atoms with Crippen molar-refractivity contribution in [2.45, 2.75) is 12.3 Å². The topological polar surface area (TPSA) is 0 Å². The third-order valence-corrected chi connectivity index (χ3v) is 3.76. The lowest BCUT2D eigenvalue weighted by atomic mass is 9.93. The van der Waals surface area contributed by atoms with Crippen LogP contribution in [-0.2, 0) is 6.42 Å². The molecule has 2 aromatic carbocycles. The van der Waals surface area contributed by atoms with Crippen LogP contribution in [0.15, 0.2) is 42.5 Å². The molecule has 1 unspecified atom stereocenters. The monoisotopic (exact) mass is 300 g/mol. The summed E-state index contributed by atoms with van der Waals surface area (Å²) in [7, 11) is 0. The smallest absolute Gasteiger partial charge is 0.129 e. The van der Waals surface area contributed by atoms with Gasteiger partial charge >= 0.3 is 0 Å². The molecule has 2 aromatic rings. The summed E-state index contributed by atoms with van der Waals surface area (Å²) in [5, 5.41) is 0.560. The van der Waals surface area contributed by atoms with Gasteiger partial charge in [-0.2, -0.15) is 0 Å². The number of hydrogen-bond acceptors (Lipinski definition) is 0. The molecule has 0 aromatic heterocycles. The van der Waals surface area contributed by atoms with Gasteiger partial charge in [-0.15, -0.1) is 11.6 Å². The number of halogens is 4. The van der Waals surface area contributed by atoms with E-state index < -0.39 is 11.6 Å². The van der Waals surface area contributed by atoms with E-state index in [1.807, 2.05) is 12.1 Å². The van der Waals surface area contributed by atoms with Crippen LogP contribution < -0.4 is 0 Å².